The van der Waals surface area contributed by atoms with Crippen LogP contribution in [-0.2, 0) is 0 Å². The molecule has 0 fully saturated rings. The predicted molar refractivity (Wildman–Crippen MR) is 52.0 cm³/mol. The number of hydrogen-bond acceptors (Lipinski definition) is 3. The predicted octanol–water partition coefficient (Wildman–Crippen LogP) is 1.40. The molecule has 1 aromatic rings. The lowest BCUT2D eigenvalue weighted by molar-refractivity contribution is 0.0698. The molecule has 0 heterocycles. The molecular weight excluding hydrogens is 168 g/mol. The second-order valence-corrected chi connectivity index (χ2v) is 2.64. The average molecular weight is 180 g/mol. The molecule has 0 aliphatic heterocycles. The molecule has 0 unspecified atom stereocenters. The third kappa shape index (κ3) is 2.11. The highest BCUT2D eigenvalue weighted by molar-refractivity contribution is 5.95. The van der Waals surface area contributed by atoms with Crippen LogP contribution < -0.4 is 11.1 Å². The Morgan fingerprint density at radius 3 is 2.85 bits per heavy atom. The quantitative estimate of drug-likeness (QED) is 0.614. The molecule has 0 aliphatic rings. The first-order valence-electron chi connectivity index (χ1n) is 4.02. The summed E-state index contributed by atoms with van der Waals surface area (Å²) in [5.41, 5.74) is 6.74. The minimum absolute atomic E-state index is 0.210. The van der Waals surface area contributed by atoms with E-state index in [4.69, 9.17) is 10.8 Å². The number of hydrogen-bond donors (Lipinski definition) is 3. The van der Waals surface area contributed by atoms with Crippen molar-refractivity contribution in [2.24, 2.45) is 0 Å². The van der Waals surface area contributed by atoms with E-state index in [1.54, 1.807) is 12.1 Å². The molecule has 0 bridgehead atoms. The molecule has 0 spiro atoms. The zero-order valence-corrected chi connectivity index (χ0v) is 7.37. The Bertz CT molecular complexity index is 323. The van der Waals surface area contributed by atoms with Gasteiger partial charge >= 0.3 is 5.97 Å². The Hall–Kier alpha value is -1.71. The van der Waals surface area contributed by atoms with Crippen LogP contribution in [-0.4, -0.2) is 17.6 Å². The van der Waals surface area contributed by atoms with Crippen LogP contribution in [0, 0.1) is 0 Å². The zero-order chi connectivity index (χ0) is 9.84. The van der Waals surface area contributed by atoms with E-state index in [9.17, 15) is 4.79 Å². The topological polar surface area (TPSA) is 75.3 Å². The number of benzene rings is 1. The molecule has 0 amide bonds. The third-order valence-corrected chi connectivity index (χ3v) is 1.64. The van der Waals surface area contributed by atoms with E-state index in [0.29, 0.717) is 17.9 Å². The Balaban J connectivity index is 3.10. The van der Waals surface area contributed by atoms with Crippen molar-refractivity contribution in [1.82, 2.24) is 0 Å². The number of nitrogens with one attached hydrogen (secondary N) is 1. The van der Waals surface area contributed by atoms with E-state index in [2.05, 4.69) is 5.32 Å². The minimum atomic E-state index is -0.969. The first kappa shape index (κ1) is 9.38. The molecular formula is C9H12N2O2. The lowest BCUT2D eigenvalue weighted by Crippen LogP contribution is -2.06. The molecule has 1 aromatic carbocycles. The van der Waals surface area contributed by atoms with Gasteiger partial charge in [0, 0.05) is 17.9 Å². The largest absolute Gasteiger partial charge is 0.478 e. The Morgan fingerprint density at radius 2 is 2.31 bits per heavy atom. The number of rotatable bonds is 3. The van der Waals surface area contributed by atoms with Gasteiger partial charge in [0.15, 0.2) is 0 Å². The summed E-state index contributed by atoms with van der Waals surface area (Å²) in [6, 6.07) is 4.78. The van der Waals surface area contributed by atoms with Crippen molar-refractivity contribution in [1.29, 1.82) is 0 Å². The van der Waals surface area contributed by atoms with Gasteiger partial charge in [-0.2, -0.15) is 0 Å². The van der Waals surface area contributed by atoms with Gasteiger partial charge in [0.2, 0.25) is 0 Å². The fraction of sp³-hybridized carbons (Fsp3) is 0.222. The Morgan fingerprint density at radius 1 is 1.62 bits per heavy atom. The lowest BCUT2D eigenvalue weighted by atomic mass is 10.1. The molecule has 70 valence electrons. The number of carboxylic acids is 1. The summed E-state index contributed by atoms with van der Waals surface area (Å²) in [7, 11) is 0. The fourth-order valence-corrected chi connectivity index (χ4v) is 1.08. The van der Waals surface area contributed by atoms with Crippen LogP contribution in [0.25, 0.3) is 0 Å². The molecule has 0 aliphatic carbocycles. The number of nitrogens with two attached hydrogens (primary N) is 1. The zero-order valence-electron chi connectivity index (χ0n) is 7.37. The molecule has 4 N–H and O–H groups in total. The highest BCUT2D eigenvalue weighted by Crippen LogP contribution is 2.18. The van der Waals surface area contributed by atoms with Crippen molar-refractivity contribution in [3.8, 4) is 0 Å². The van der Waals surface area contributed by atoms with E-state index in [0.717, 1.165) is 0 Å². The molecule has 0 saturated carbocycles. The summed E-state index contributed by atoms with van der Waals surface area (Å²) in [6.45, 7) is 2.59. The minimum Gasteiger partial charge on any atom is -0.478 e. The molecule has 0 saturated heterocycles. The highest BCUT2D eigenvalue weighted by Gasteiger charge is 2.08. The van der Waals surface area contributed by atoms with Crippen LogP contribution >= 0.6 is 0 Å². The normalized spacial score (nSPS) is 9.62. The van der Waals surface area contributed by atoms with Crippen molar-refractivity contribution >= 4 is 17.3 Å². The van der Waals surface area contributed by atoms with Gasteiger partial charge in [0.1, 0.15) is 0 Å². The van der Waals surface area contributed by atoms with E-state index >= 15 is 0 Å². The number of aromatic carboxylic acids is 1. The smallest absolute Gasteiger partial charge is 0.337 e. The maximum Gasteiger partial charge on any atom is 0.337 e. The second kappa shape index (κ2) is 3.80. The summed E-state index contributed by atoms with van der Waals surface area (Å²) in [5, 5.41) is 11.8. The Labute approximate surface area is 76.4 Å². The van der Waals surface area contributed by atoms with E-state index in [-0.39, 0.29) is 5.56 Å². The van der Waals surface area contributed by atoms with Gasteiger partial charge in [-0.3, -0.25) is 0 Å². The molecule has 0 aromatic heterocycles. The second-order valence-electron chi connectivity index (χ2n) is 2.64. The first-order valence-corrected chi connectivity index (χ1v) is 4.02. The average Bonchev–Trinajstić information content (AvgIpc) is 2.08. The molecule has 1 rings (SSSR count). The summed E-state index contributed by atoms with van der Waals surface area (Å²) in [6.07, 6.45) is 0. The van der Waals surface area contributed by atoms with Crippen LogP contribution in [0.15, 0.2) is 18.2 Å². The SMILES string of the molecule is CCNc1ccc(N)cc1C(=O)O. The van der Waals surface area contributed by atoms with Crippen LogP contribution in [0.5, 0.6) is 0 Å². The number of carbonyl (C=O) groups is 1. The fourth-order valence-electron chi connectivity index (χ4n) is 1.08. The van der Waals surface area contributed by atoms with Crippen LogP contribution in [0.4, 0.5) is 11.4 Å². The van der Waals surface area contributed by atoms with Gasteiger partial charge in [-0.25, -0.2) is 4.79 Å². The maximum atomic E-state index is 10.8. The first-order chi connectivity index (χ1) is 6.15. The van der Waals surface area contributed by atoms with Crippen LogP contribution in [0.1, 0.15) is 17.3 Å². The lowest BCUT2D eigenvalue weighted by Gasteiger charge is -2.07. The molecule has 13 heavy (non-hydrogen) atoms. The van der Waals surface area contributed by atoms with Crippen molar-refractivity contribution in [3.63, 3.8) is 0 Å². The van der Waals surface area contributed by atoms with Gasteiger partial charge in [-0.1, -0.05) is 0 Å². The van der Waals surface area contributed by atoms with Crippen LogP contribution in [0.2, 0.25) is 0 Å². The number of anilines is 2. The van der Waals surface area contributed by atoms with E-state index in [1.807, 2.05) is 6.92 Å². The van der Waals surface area contributed by atoms with Gasteiger partial charge in [-0.15, -0.1) is 0 Å². The van der Waals surface area contributed by atoms with Crippen LogP contribution in [0.3, 0.4) is 0 Å². The van der Waals surface area contributed by atoms with Crippen molar-refractivity contribution < 1.29 is 9.90 Å². The standard InChI is InChI=1S/C9H12N2O2/c1-2-11-8-4-3-6(10)5-7(8)9(12)13/h3-5,11H,2,10H2,1H3,(H,12,13). The monoisotopic (exact) mass is 180 g/mol. The summed E-state index contributed by atoms with van der Waals surface area (Å²) in [4.78, 5) is 10.8. The maximum absolute atomic E-state index is 10.8. The third-order valence-electron chi connectivity index (χ3n) is 1.64. The van der Waals surface area contributed by atoms with Gasteiger partial charge < -0.3 is 16.2 Å². The van der Waals surface area contributed by atoms with E-state index in [1.165, 1.54) is 6.07 Å². The van der Waals surface area contributed by atoms with E-state index < -0.39 is 5.97 Å². The molecule has 4 heteroatoms. The van der Waals surface area contributed by atoms with Crippen molar-refractivity contribution in [2.75, 3.05) is 17.6 Å². The van der Waals surface area contributed by atoms with Gasteiger partial charge in [0.05, 0.1) is 5.56 Å². The van der Waals surface area contributed by atoms with Gasteiger partial charge in [0.25, 0.3) is 0 Å². The molecule has 0 atom stereocenters. The number of nitrogen functional groups attached to an aromatic ring is 1. The Kier molecular flexibility index (Phi) is 2.74. The molecule has 4 nitrogen and oxygen atoms in total. The van der Waals surface area contributed by atoms with Crippen molar-refractivity contribution in [2.45, 2.75) is 6.92 Å². The highest BCUT2D eigenvalue weighted by atomic mass is 16.4. The summed E-state index contributed by atoms with van der Waals surface area (Å²) < 4.78 is 0. The molecule has 0 radical (unpaired) electrons. The summed E-state index contributed by atoms with van der Waals surface area (Å²) >= 11 is 0. The van der Waals surface area contributed by atoms with Gasteiger partial charge in [-0.05, 0) is 25.1 Å². The number of carboxylic acid groups (broad SMARTS) is 1. The van der Waals surface area contributed by atoms with Crippen molar-refractivity contribution in [3.05, 3.63) is 23.8 Å². The summed E-state index contributed by atoms with van der Waals surface area (Å²) in [5.74, 6) is -0.969.